The van der Waals surface area contributed by atoms with Crippen LogP contribution in [-0.2, 0) is 98.7 Å². The minimum absolute atomic E-state index is 0.00276. The predicted octanol–water partition coefficient (Wildman–Crippen LogP) is 4.51. The van der Waals surface area contributed by atoms with Crippen LogP contribution in [0.2, 0.25) is 0 Å². The van der Waals surface area contributed by atoms with Gasteiger partial charge in [0.15, 0.2) is 0 Å². The highest BCUT2D eigenvalue weighted by Crippen LogP contribution is 2.22. The van der Waals surface area contributed by atoms with E-state index in [0.29, 0.717) is 35.7 Å². The summed E-state index contributed by atoms with van der Waals surface area (Å²) in [7, 11) is 2.97. The summed E-state index contributed by atoms with van der Waals surface area (Å²) < 4.78 is 45.9. The maximum atomic E-state index is 15.2. The standard InChI is InChI=1S/C75H120N10O20S3/c1-17-49(11)63-71(94)78-54(28-33-106-16)73(96)104-42-59(69(92)80-57(36-62(87)103-40-48(9)10)67(90)79-56(68(91)84-63)34-51-22-20-19-21-23-51)82-72(95)64(50(12)101-38-46(5)6)85-70(93)58(41-100-37-45(3)4)81-66(89)55(35-52-24-26-53(27-25-52)102-39-47(7)8)77-61(86)43-99-32-31-98-30-29-76-65(88)60(44-108-107-18-2)83-74(97)105-75(13,14)15/h19-27,45-50,54-60,63-64H,17-18,28-44H2,1-16H3,(H,76,88)(H,77,86)(H,78,94)(H,79,90)(H,80,92)(H,81,89)(H,82,95)(H,83,97)(H,84,91)(H,85,93)/t49?,50?,54-,55-,56-,57-,58-,59-,60-,63-,64-/m0/s1. The Morgan fingerprint density at radius 3 is 1.86 bits per heavy atom. The third kappa shape index (κ3) is 38.8. The number of benzene rings is 2. The number of rotatable bonds is 45. The van der Waals surface area contributed by atoms with Crippen molar-refractivity contribution in [2.24, 2.45) is 29.6 Å². The first-order valence-corrected chi connectivity index (χ1v) is 40.9. The van der Waals surface area contributed by atoms with Crippen LogP contribution in [0.4, 0.5) is 4.79 Å². The lowest BCUT2D eigenvalue weighted by Gasteiger charge is -2.31. The van der Waals surface area contributed by atoms with Crippen molar-refractivity contribution in [2.75, 3.05) is 96.1 Å². The van der Waals surface area contributed by atoms with Crippen molar-refractivity contribution in [3.63, 3.8) is 0 Å². The molecule has 1 heterocycles. The molecule has 0 radical (unpaired) electrons. The molecule has 0 bridgehead atoms. The van der Waals surface area contributed by atoms with E-state index >= 15 is 9.59 Å². The van der Waals surface area contributed by atoms with E-state index in [0.717, 1.165) is 5.75 Å². The van der Waals surface area contributed by atoms with E-state index < -0.39 is 169 Å². The van der Waals surface area contributed by atoms with Crippen molar-refractivity contribution >= 4 is 105 Å². The van der Waals surface area contributed by atoms with Gasteiger partial charge in [-0.2, -0.15) is 11.8 Å². The van der Waals surface area contributed by atoms with Gasteiger partial charge in [0.25, 0.3) is 0 Å². The van der Waals surface area contributed by atoms with Crippen LogP contribution < -0.4 is 57.9 Å². The zero-order chi connectivity index (χ0) is 80.5. The fourth-order valence-corrected chi connectivity index (χ4v) is 12.2. The first kappa shape index (κ1) is 94.8. The number of alkyl carbamates (subject to hydrolysis) is 1. The maximum Gasteiger partial charge on any atom is 0.408 e. The Labute approximate surface area is 649 Å². The Morgan fingerprint density at radius 1 is 0.602 bits per heavy atom. The second kappa shape index (κ2) is 51.1. The largest absolute Gasteiger partial charge is 0.493 e. The van der Waals surface area contributed by atoms with Gasteiger partial charge in [-0.1, -0.05) is 147 Å². The van der Waals surface area contributed by atoms with Crippen LogP contribution in [0.25, 0.3) is 0 Å². The molecular weight excluding hydrogens is 1460 g/mol. The molecule has 30 nitrogen and oxygen atoms in total. The second-order valence-electron chi connectivity index (χ2n) is 28.9. The number of cyclic esters (lactones) is 1. The highest BCUT2D eigenvalue weighted by Gasteiger charge is 2.40. The number of amides is 10. The molecule has 3 rings (SSSR count). The summed E-state index contributed by atoms with van der Waals surface area (Å²) in [6, 6.07) is 2.18. The fraction of sp³-hybridized carbons (Fsp3) is 0.680. The lowest BCUT2D eigenvalue weighted by Crippen LogP contribution is -2.64. The van der Waals surface area contributed by atoms with E-state index in [1.165, 1.54) is 40.3 Å². The molecule has 11 atom stereocenters. The quantitative estimate of drug-likeness (QED) is 0.0189. The molecule has 0 saturated carbocycles. The topological polar surface area (TPSA) is 399 Å². The summed E-state index contributed by atoms with van der Waals surface area (Å²) in [5, 5.41) is 26.8. The van der Waals surface area contributed by atoms with Crippen molar-refractivity contribution in [3.05, 3.63) is 65.7 Å². The molecule has 0 aliphatic carbocycles. The molecule has 1 aliphatic heterocycles. The van der Waals surface area contributed by atoms with Crippen molar-refractivity contribution in [3.8, 4) is 5.75 Å². The van der Waals surface area contributed by atoms with Gasteiger partial charge in [0.2, 0.25) is 53.2 Å². The molecule has 1 fully saturated rings. The fourth-order valence-electron chi connectivity index (χ4n) is 9.93. The number of nitrogens with one attached hydrogen (secondary N) is 10. The zero-order valence-electron chi connectivity index (χ0n) is 65.7. The number of esters is 2. The molecule has 608 valence electrons. The van der Waals surface area contributed by atoms with E-state index in [4.69, 9.17) is 37.9 Å². The van der Waals surface area contributed by atoms with E-state index in [9.17, 15) is 47.9 Å². The van der Waals surface area contributed by atoms with Crippen LogP contribution in [0.3, 0.4) is 0 Å². The number of ether oxygens (including phenoxy) is 8. The van der Waals surface area contributed by atoms with Gasteiger partial charge >= 0.3 is 18.0 Å². The Morgan fingerprint density at radius 2 is 1.23 bits per heavy atom. The van der Waals surface area contributed by atoms with E-state index in [1.807, 2.05) is 48.5 Å². The van der Waals surface area contributed by atoms with E-state index in [2.05, 4.69) is 53.2 Å². The number of hydrogen-bond donors (Lipinski definition) is 10. The molecule has 1 saturated heterocycles. The molecule has 108 heavy (non-hydrogen) atoms. The molecular formula is C75H120N10O20S3. The van der Waals surface area contributed by atoms with Crippen LogP contribution in [-0.4, -0.2) is 233 Å². The third-order valence-electron chi connectivity index (χ3n) is 15.8. The van der Waals surface area contributed by atoms with Crippen molar-refractivity contribution < 1.29 is 95.4 Å². The smallest absolute Gasteiger partial charge is 0.408 e. The molecule has 2 aromatic carbocycles. The molecule has 2 unspecified atom stereocenters. The Kier molecular flexibility index (Phi) is 44.9. The normalized spacial score (nSPS) is 18.5. The van der Waals surface area contributed by atoms with Crippen LogP contribution in [0.5, 0.6) is 5.75 Å². The highest BCUT2D eigenvalue weighted by atomic mass is 33.1. The van der Waals surface area contributed by atoms with Crippen LogP contribution in [0.1, 0.15) is 134 Å². The second-order valence-corrected chi connectivity index (χ2v) is 32.7. The number of carbonyl (C=O) groups is 12. The Bertz CT molecular complexity index is 3130. The molecule has 10 N–H and O–H groups in total. The predicted molar refractivity (Wildman–Crippen MR) is 414 cm³/mol. The first-order chi connectivity index (χ1) is 51.1. The molecule has 10 amide bonds. The minimum Gasteiger partial charge on any atom is -0.493 e. The van der Waals surface area contributed by atoms with Gasteiger partial charge in [-0.15, -0.1) is 0 Å². The highest BCUT2D eigenvalue weighted by molar-refractivity contribution is 8.76. The van der Waals surface area contributed by atoms with E-state index in [1.54, 1.807) is 109 Å². The summed E-state index contributed by atoms with van der Waals surface area (Å²) in [6.07, 6.45) is -0.778. The van der Waals surface area contributed by atoms with Gasteiger partial charge in [-0.05, 0) is 99.0 Å². The lowest BCUT2D eigenvalue weighted by atomic mass is 9.96. The number of carbonyl (C=O) groups excluding carboxylic acids is 12. The molecule has 0 aromatic heterocycles. The van der Waals surface area contributed by atoms with Gasteiger partial charge in [-0.3, -0.25) is 47.9 Å². The molecule has 0 spiro atoms. The summed E-state index contributed by atoms with van der Waals surface area (Å²) >= 11 is 1.36. The first-order valence-electron chi connectivity index (χ1n) is 37.0. The average Bonchev–Trinajstić information content (AvgIpc) is 0.835. The van der Waals surface area contributed by atoms with Gasteiger partial charge < -0.3 is 91.1 Å². The molecule has 33 heteroatoms. The van der Waals surface area contributed by atoms with Gasteiger partial charge in [0.1, 0.15) is 78.9 Å². The van der Waals surface area contributed by atoms with Crippen molar-refractivity contribution in [2.45, 2.75) is 202 Å². The van der Waals surface area contributed by atoms with Crippen molar-refractivity contribution in [1.82, 2.24) is 53.2 Å². The SMILES string of the molecule is CCSSC[C@H](NC(=O)OC(C)(C)C)C(=O)NCCOCCOCC(=O)N[C@@H](Cc1ccc(OCC(C)C)cc1)C(=O)N[C@@H](COCC(C)C)C(=O)N[C@H](C(=O)N[C@H]1COC(=O)[C@H](CCSC)NC(=O)[C@H](C(C)CC)NC(=O)[C@H](Cc2ccccc2)NC(=O)[C@H](CC(=O)OCC(C)C)NC1=O)C(C)OCC(C)C. The monoisotopic (exact) mass is 1580 g/mol. The average molecular weight is 1580 g/mol. The van der Waals surface area contributed by atoms with Gasteiger partial charge in [-0.25, -0.2) is 9.59 Å². The van der Waals surface area contributed by atoms with Gasteiger partial charge in [0, 0.05) is 44.1 Å². The number of hydrogen-bond acceptors (Lipinski definition) is 23. The van der Waals surface area contributed by atoms with Crippen LogP contribution in [0, 0.1) is 29.6 Å². The van der Waals surface area contributed by atoms with Crippen LogP contribution in [0.15, 0.2) is 54.6 Å². The van der Waals surface area contributed by atoms with Crippen LogP contribution >= 0.6 is 33.3 Å². The Balaban J connectivity index is 2.06. The lowest BCUT2D eigenvalue weighted by molar-refractivity contribution is -0.151. The third-order valence-corrected chi connectivity index (χ3v) is 19.0. The van der Waals surface area contributed by atoms with Gasteiger partial charge in [0.05, 0.1) is 52.2 Å². The summed E-state index contributed by atoms with van der Waals surface area (Å²) in [5.41, 5.74) is 0.405. The molecule has 1 aliphatic rings. The summed E-state index contributed by atoms with van der Waals surface area (Å²) in [6.45, 7) is 25.8. The van der Waals surface area contributed by atoms with Crippen molar-refractivity contribution in [1.29, 1.82) is 0 Å². The maximum absolute atomic E-state index is 15.2. The zero-order valence-corrected chi connectivity index (χ0v) is 68.1. The minimum atomic E-state index is -1.93. The molecule has 2 aromatic rings. The Hall–Kier alpha value is -7.43. The van der Waals surface area contributed by atoms with E-state index in [-0.39, 0.29) is 94.9 Å². The number of thioether (sulfide) groups is 1. The summed E-state index contributed by atoms with van der Waals surface area (Å²) in [5.74, 6) is -8.46. The summed E-state index contributed by atoms with van der Waals surface area (Å²) in [4.78, 5) is 171.